The number of sulfonamides is 1. The zero-order valence-electron chi connectivity index (χ0n) is 14.9. The highest BCUT2D eigenvalue weighted by molar-refractivity contribution is 7.89. The van der Waals surface area contributed by atoms with Gasteiger partial charge < -0.3 is 0 Å². The van der Waals surface area contributed by atoms with Gasteiger partial charge in [0.15, 0.2) is 0 Å². The van der Waals surface area contributed by atoms with Gasteiger partial charge in [-0.2, -0.15) is 0 Å². The lowest BCUT2D eigenvalue weighted by Crippen LogP contribution is -2.23. The number of benzene rings is 2. The number of hydrogen-bond acceptors (Lipinski definition) is 4. The molecule has 6 heteroatoms. The van der Waals surface area contributed by atoms with E-state index in [2.05, 4.69) is 16.6 Å². The SMILES string of the molecule is CCCc1ccc(S(=O)(=O)NCc2sc(-c3ccccc3)nc2C)cc1. The van der Waals surface area contributed by atoms with Crippen molar-refractivity contribution >= 4 is 21.4 Å². The second-order valence-corrected chi connectivity index (χ2v) is 8.96. The van der Waals surface area contributed by atoms with Crippen molar-refractivity contribution in [3.8, 4) is 10.6 Å². The van der Waals surface area contributed by atoms with Gasteiger partial charge in [0.2, 0.25) is 10.0 Å². The molecule has 0 aliphatic rings. The van der Waals surface area contributed by atoms with Gasteiger partial charge in [0.25, 0.3) is 0 Å². The van der Waals surface area contributed by atoms with Crippen molar-refractivity contribution in [3.63, 3.8) is 0 Å². The van der Waals surface area contributed by atoms with Crippen molar-refractivity contribution in [3.05, 3.63) is 70.7 Å². The van der Waals surface area contributed by atoms with Gasteiger partial charge in [-0.05, 0) is 31.0 Å². The monoisotopic (exact) mass is 386 g/mol. The van der Waals surface area contributed by atoms with Gasteiger partial charge in [0, 0.05) is 17.0 Å². The van der Waals surface area contributed by atoms with Crippen LogP contribution in [0.5, 0.6) is 0 Å². The first-order valence-electron chi connectivity index (χ1n) is 8.60. The molecule has 0 saturated heterocycles. The Labute approximate surface area is 159 Å². The summed E-state index contributed by atoms with van der Waals surface area (Å²) in [5.41, 5.74) is 3.05. The summed E-state index contributed by atoms with van der Waals surface area (Å²) >= 11 is 1.52. The van der Waals surface area contributed by atoms with Crippen molar-refractivity contribution < 1.29 is 8.42 Å². The van der Waals surface area contributed by atoms with E-state index in [1.807, 2.05) is 49.4 Å². The molecule has 0 saturated carbocycles. The Morgan fingerprint density at radius 3 is 2.38 bits per heavy atom. The minimum atomic E-state index is -3.53. The van der Waals surface area contributed by atoms with Crippen LogP contribution in [0.1, 0.15) is 29.5 Å². The Morgan fingerprint density at radius 2 is 1.73 bits per heavy atom. The topological polar surface area (TPSA) is 59.1 Å². The highest BCUT2D eigenvalue weighted by Gasteiger charge is 2.16. The minimum Gasteiger partial charge on any atom is -0.241 e. The molecule has 0 aliphatic carbocycles. The molecule has 0 fully saturated rings. The lowest BCUT2D eigenvalue weighted by molar-refractivity contribution is 0.581. The number of rotatable bonds is 7. The summed E-state index contributed by atoms with van der Waals surface area (Å²) in [5, 5.41) is 0.904. The van der Waals surface area contributed by atoms with Gasteiger partial charge in [-0.3, -0.25) is 0 Å². The van der Waals surface area contributed by atoms with Crippen LogP contribution in [0.3, 0.4) is 0 Å². The largest absolute Gasteiger partial charge is 0.241 e. The van der Waals surface area contributed by atoms with E-state index in [1.165, 1.54) is 11.3 Å². The van der Waals surface area contributed by atoms with Crippen LogP contribution in [0.2, 0.25) is 0 Å². The second kappa shape index (κ2) is 8.12. The van der Waals surface area contributed by atoms with E-state index in [0.717, 1.165) is 39.5 Å². The Morgan fingerprint density at radius 1 is 1.04 bits per heavy atom. The molecule has 1 N–H and O–H groups in total. The van der Waals surface area contributed by atoms with Gasteiger partial charge in [0.1, 0.15) is 5.01 Å². The fourth-order valence-corrected chi connectivity index (χ4v) is 4.76. The third-order valence-electron chi connectivity index (χ3n) is 4.11. The van der Waals surface area contributed by atoms with E-state index >= 15 is 0 Å². The van der Waals surface area contributed by atoms with Crippen LogP contribution in [0.25, 0.3) is 10.6 Å². The summed E-state index contributed by atoms with van der Waals surface area (Å²) in [6.45, 7) is 4.26. The average Bonchev–Trinajstić information content (AvgIpc) is 3.02. The average molecular weight is 387 g/mol. The van der Waals surface area contributed by atoms with Gasteiger partial charge >= 0.3 is 0 Å². The van der Waals surface area contributed by atoms with Crippen LogP contribution >= 0.6 is 11.3 Å². The fraction of sp³-hybridized carbons (Fsp3) is 0.250. The lowest BCUT2D eigenvalue weighted by atomic mass is 10.1. The van der Waals surface area contributed by atoms with Crippen LogP contribution in [-0.2, 0) is 23.0 Å². The highest BCUT2D eigenvalue weighted by atomic mass is 32.2. The van der Waals surface area contributed by atoms with Gasteiger partial charge in [-0.1, -0.05) is 55.8 Å². The molecule has 136 valence electrons. The summed E-state index contributed by atoms with van der Waals surface area (Å²) < 4.78 is 27.8. The highest BCUT2D eigenvalue weighted by Crippen LogP contribution is 2.28. The number of nitrogens with one attached hydrogen (secondary N) is 1. The van der Waals surface area contributed by atoms with E-state index in [9.17, 15) is 8.42 Å². The summed E-state index contributed by atoms with van der Waals surface area (Å²) in [6.07, 6.45) is 1.99. The van der Waals surface area contributed by atoms with Crippen molar-refractivity contribution in [1.29, 1.82) is 0 Å². The number of aryl methyl sites for hydroxylation is 2. The maximum Gasteiger partial charge on any atom is 0.240 e. The summed E-state index contributed by atoms with van der Waals surface area (Å²) in [6, 6.07) is 17.0. The molecular formula is C20H22N2O2S2. The molecule has 4 nitrogen and oxygen atoms in total. The van der Waals surface area contributed by atoms with Crippen molar-refractivity contribution in [2.24, 2.45) is 0 Å². The van der Waals surface area contributed by atoms with Crippen LogP contribution in [0, 0.1) is 6.92 Å². The molecule has 0 spiro atoms. The van der Waals surface area contributed by atoms with Gasteiger partial charge in [0.05, 0.1) is 10.6 Å². The normalized spacial score (nSPS) is 11.6. The van der Waals surface area contributed by atoms with Crippen LogP contribution in [-0.4, -0.2) is 13.4 Å². The molecule has 3 rings (SSSR count). The number of thiazole rings is 1. The number of aromatic nitrogens is 1. The molecule has 0 bridgehead atoms. The Balaban J connectivity index is 1.73. The summed E-state index contributed by atoms with van der Waals surface area (Å²) in [4.78, 5) is 5.79. The smallest absolute Gasteiger partial charge is 0.240 e. The molecule has 1 aromatic heterocycles. The molecule has 0 aliphatic heterocycles. The van der Waals surface area contributed by atoms with E-state index in [1.54, 1.807) is 12.1 Å². The first-order valence-corrected chi connectivity index (χ1v) is 10.9. The summed E-state index contributed by atoms with van der Waals surface area (Å²) in [7, 11) is -3.53. The third kappa shape index (κ3) is 4.38. The molecule has 2 aromatic carbocycles. The zero-order chi connectivity index (χ0) is 18.6. The lowest BCUT2D eigenvalue weighted by Gasteiger charge is -2.07. The molecular weight excluding hydrogens is 364 g/mol. The first kappa shape index (κ1) is 18.8. The Bertz CT molecular complexity index is 963. The van der Waals surface area contributed by atoms with Gasteiger partial charge in [-0.25, -0.2) is 18.1 Å². The molecule has 0 radical (unpaired) electrons. The van der Waals surface area contributed by atoms with E-state index in [4.69, 9.17) is 0 Å². The van der Waals surface area contributed by atoms with E-state index in [-0.39, 0.29) is 6.54 Å². The first-order chi connectivity index (χ1) is 12.5. The van der Waals surface area contributed by atoms with Crippen LogP contribution in [0.4, 0.5) is 0 Å². The fourth-order valence-electron chi connectivity index (χ4n) is 2.66. The van der Waals surface area contributed by atoms with Crippen molar-refractivity contribution in [1.82, 2.24) is 9.71 Å². The minimum absolute atomic E-state index is 0.245. The predicted octanol–water partition coefficient (Wildman–Crippen LogP) is 4.55. The van der Waals surface area contributed by atoms with Gasteiger partial charge in [-0.15, -0.1) is 11.3 Å². The third-order valence-corrected chi connectivity index (χ3v) is 6.73. The number of nitrogens with zero attached hydrogens (tertiary/aromatic N) is 1. The van der Waals surface area contributed by atoms with Crippen molar-refractivity contribution in [2.45, 2.75) is 38.1 Å². The van der Waals surface area contributed by atoms with Crippen molar-refractivity contribution in [2.75, 3.05) is 0 Å². The molecule has 0 atom stereocenters. The van der Waals surface area contributed by atoms with E-state index in [0.29, 0.717) is 4.90 Å². The van der Waals surface area contributed by atoms with E-state index < -0.39 is 10.0 Å². The quantitative estimate of drug-likeness (QED) is 0.648. The predicted molar refractivity (Wildman–Crippen MR) is 107 cm³/mol. The second-order valence-electron chi connectivity index (χ2n) is 6.11. The maximum absolute atomic E-state index is 12.5. The molecule has 1 heterocycles. The maximum atomic E-state index is 12.5. The van der Waals surface area contributed by atoms with Crippen LogP contribution < -0.4 is 4.72 Å². The molecule has 26 heavy (non-hydrogen) atoms. The molecule has 3 aromatic rings. The summed E-state index contributed by atoms with van der Waals surface area (Å²) in [5.74, 6) is 0. The number of hydrogen-bond donors (Lipinski definition) is 1. The van der Waals surface area contributed by atoms with Crippen LogP contribution in [0.15, 0.2) is 59.5 Å². The zero-order valence-corrected chi connectivity index (χ0v) is 16.5. The Kier molecular flexibility index (Phi) is 5.86. The Hall–Kier alpha value is -2.02. The molecule has 0 unspecified atom stereocenters. The standard InChI is InChI=1S/C20H22N2O2S2/c1-3-7-16-10-12-18(13-11-16)26(23,24)21-14-19-15(2)22-20(25-19)17-8-5-4-6-9-17/h4-6,8-13,21H,3,7,14H2,1-2H3. The molecule has 0 amide bonds.